The molecular weight excluding hydrogens is 307 g/mol. The van der Waals surface area contributed by atoms with Crippen LogP contribution in [0.25, 0.3) is 11.1 Å². The SMILES string of the molecule is CCCCc1ccc(-c2ccc(C3CCC(CC)CC3)cc2)c(F)c1. The number of benzene rings is 2. The van der Waals surface area contributed by atoms with Gasteiger partial charge in [-0.25, -0.2) is 4.39 Å². The van der Waals surface area contributed by atoms with Gasteiger partial charge in [0.2, 0.25) is 0 Å². The maximum absolute atomic E-state index is 14.5. The first-order valence-electron chi connectivity index (χ1n) is 10.1. The molecule has 134 valence electrons. The van der Waals surface area contributed by atoms with Crippen LogP contribution in [0.1, 0.15) is 75.8 Å². The van der Waals surface area contributed by atoms with Gasteiger partial charge in [-0.15, -0.1) is 0 Å². The van der Waals surface area contributed by atoms with Crippen LogP contribution in [-0.2, 0) is 6.42 Å². The van der Waals surface area contributed by atoms with E-state index in [9.17, 15) is 4.39 Å². The van der Waals surface area contributed by atoms with Gasteiger partial charge in [0, 0.05) is 5.56 Å². The first kappa shape index (κ1) is 18.2. The van der Waals surface area contributed by atoms with E-state index in [1.807, 2.05) is 6.07 Å². The fourth-order valence-corrected chi connectivity index (χ4v) is 4.17. The van der Waals surface area contributed by atoms with Crippen molar-refractivity contribution in [3.8, 4) is 11.1 Å². The number of unbranched alkanes of at least 4 members (excludes halogenated alkanes) is 1. The van der Waals surface area contributed by atoms with Gasteiger partial charge in [0.15, 0.2) is 0 Å². The van der Waals surface area contributed by atoms with E-state index in [1.54, 1.807) is 6.07 Å². The van der Waals surface area contributed by atoms with Gasteiger partial charge >= 0.3 is 0 Å². The molecule has 0 unspecified atom stereocenters. The highest BCUT2D eigenvalue weighted by Crippen LogP contribution is 2.37. The molecule has 0 bridgehead atoms. The molecule has 2 aromatic rings. The van der Waals surface area contributed by atoms with Crippen molar-refractivity contribution in [3.63, 3.8) is 0 Å². The number of rotatable bonds is 6. The molecule has 0 N–H and O–H groups in total. The Labute approximate surface area is 152 Å². The van der Waals surface area contributed by atoms with Crippen LogP contribution in [0.15, 0.2) is 42.5 Å². The lowest BCUT2D eigenvalue weighted by atomic mass is 9.77. The Morgan fingerprint density at radius 2 is 1.64 bits per heavy atom. The predicted molar refractivity (Wildman–Crippen MR) is 105 cm³/mol. The van der Waals surface area contributed by atoms with Gasteiger partial charge < -0.3 is 0 Å². The zero-order valence-electron chi connectivity index (χ0n) is 15.7. The molecule has 1 aliphatic carbocycles. The summed E-state index contributed by atoms with van der Waals surface area (Å²) >= 11 is 0. The molecule has 0 radical (unpaired) electrons. The molecule has 0 amide bonds. The van der Waals surface area contributed by atoms with Crippen LogP contribution < -0.4 is 0 Å². The summed E-state index contributed by atoms with van der Waals surface area (Å²) in [6, 6.07) is 14.4. The Bertz CT molecular complexity index is 663. The molecular formula is C24H31F. The van der Waals surface area contributed by atoms with E-state index in [-0.39, 0.29) is 5.82 Å². The van der Waals surface area contributed by atoms with Crippen molar-refractivity contribution in [2.45, 2.75) is 71.1 Å². The van der Waals surface area contributed by atoms with Crippen molar-refractivity contribution in [2.75, 3.05) is 0 Å². The van der Waals surface area contributed by atoms with Gasteiger partial charge in [-0.05, 0) is 73.1 Å². The maximum atomic E-state index is 14.5. The zero-order valence-corrected chi connectivity index (χ0v) is 15.7. The zero-order chi connectivity index (χ0) is 17.6. The molecule has 1 heteroatoms. The minimum atomic E-state index is -0.0928. The van der Waals surface area contributed by atoms with E-state index in [0.717, 1.165) is 41.9 Å². The van der Waals surface area contributed by atoms with Crippen molar-refractivity contribution >= 4 is 0 Å². The lowest BCUT2D eigenvalue weighted by Gasteiger charge is -2.28. The van der Waals surface area contributed by atoms with E-state index in [4.69, 9.17) is 0 Å². The van der Waals surface area contributed by atoms with E-state index in [1.165, 1.54) is 37.7 Å². The Kier molecular flexibility index (Phi) is 6.29. The largest absolute Gasteiger partial charge is 0.206 e. The van der Waals surface area contributed by atoms with Crippen LogP contribution in [0, 0.1) is 11.7 Å². The second kappa shape index (κ2) is 8.65. The van der Waals surface area contributed by atoms with Crippen LogP contribution >= 0.6 is 0 Å². The Morgan fingerprint density at radius 1 is 0.920 bits per heavy atom. The van der Waals surface area contributed by atoms with Crippen LogP contribution in [0.3, 0.4) is 0 Å². The fraction of sp³-hybridized carbons (Fsp3) is 0.500. The molecule has 25 heavy (non-hydrogen) atoms. The molecule has 0 spiro atoms. The topological polar surface area (TPSA) is 0 Å². The van der Waals surface area contributed by atoms with Gasteiger partial charge in [0.1, 0.15) is 5.82 Å². The van der Waals surface area contributed by atoms with E-state index >= 15 is 0 Å². The van der Waals surface area contributed by atoms with Crippen molar-refractivity contribution in [2.24, 2.45) is 5.92 Å². The molecule has 1 fully saturated rings. The highest BCUT2D eigenvalue weighted by atomic mass is 19.1. The summed E-state index contributed by atoms with van der Waals surface area (Å²) in [7, 11) is 0. The third-order valence-electron chi connectivity index (χ3n) is 5.97. The second-order valence-corrected chi connectivity index (χ2v) is 7.67. The summed E-state index contributed by atoms with van der Waals surface area (Å²) in [6.07, 6.45) is 9.87. The van der Waals surface area contributed by atoms with E-state index in [2.05, 4.69) is 44.2 Å². The Hall–Kier alpha value is -1.63. The average molecular weight is 339 g/mol. The summed E-state index contributed by atoms with van der Waals surface area (Å²) in [6.45, 7) is 4.48. The maximum Gasteiger partial charge on any atom is 0.131 e. The Morgan fingerprint density at radius 3 is 2.24 bits per heavy atom. The van der Waals surface area contributed by atoms with Crippen LogP contribution in [0.2, 0.25) is 0 Å². The fourth-order valence-electron chi connectivity index (χ4n) is 4.17. The third kappa shape index (κ3) is 4.51. The summed E-state index contributed by atoms with van der Waals surface area (Å²) in [5.41, 5.74) is 4.25. The monoisotopic (exact) mass is 338 g/mol. The lowest BCUT2D eigenvalue weighted by Crippen LogP contribution is -2.12. The quantitative estimate of drug-likeness (QED) is 0.511. The first-order valence-corrected chi connectivity index (χ1v) is 10.1. The molecule has 3 rings (SSSR count). The molecule has 1 saturated carbocycles. The summed E-state index contributed by atoms with van der Waals surface area (Å²) in [4.78, 5) is 0. The van der Waals surface area contributed by atoms with Crippen molar-refractivity contribution in [1.82, 2.24) is 0 Å². The van der Waals surface area contributed by atoms with Crippen LogP contribution in [0.4, 0.5) is 4.39 Å². The summed E-state index contributed by atoms with van der Waals surface area (Å²) in [5, 5.41) is 0. The van der Waals surface area contributed by atoms with E-state index < -0.39 is 0 Å². The van der Waals surface area contributed by atoms with Gasteiger partial charge in [-0.2, -0.15) is 0 Å². The minimum absolute atomic E-state index is 0.0928. The molecule has 0 aromatic heterocycles. The van der Waals surface area contributed by atoms with Crippen LogP contribution in [0.5, 0.6) is 0 Å². The molecule has 2 aromatic carbocycles. The Balaban J connectivity index is 1.70. The van der Waals surface area contributed by atoms with Crippen LogP contribution in [-0.4, -0.2) is 0 Å². The molecule has 0 nitrogen and oxygen atoms in total. The lowest BCUT2D eigenvalue weighted by molar-refractivity contribution is 0.319. The smallest absolute Gasteiger partial charge is 0.131 e. The van der Waals surface area contributed by atoms with Gasteiger partial charge in [-0.3, -0.25) is 0 Å². The number of halogens is 1. The normalized spacial score (nSPS) is 20.6. The third-order valence-corrected chi connectivity index (χ3v) is 5.97. The molecule has 0 aliphatic heterocycles. The van der Waals surface area contributed by atoms with Crippen molar-refractivity contribution in [1.29, 1.82) is 0 Å². The molecule has 0 heterocycles. The van der Waals surface area contributed by atoms with Crippen molar-refractivity contribution in [3.05, 3.63) is 59.4 Å². The summed E-state index contributed by atoms with van der Waals surface area (Å²) in [5.74, 6) is 1.53. The molecule has 1 aliphatic rings. The average Bonchev–Trinajstić information content (AvgIpc) is 2.67. The van der Waals surface area contributed by atoms with Gasteiger partial charge in [0.05, 0.1) is 0 Å². The predicted octanol–water partition coefficient (Wildman–Crippen LogP) is 7.52. The van der Waals surface area contributed by atoms with Gasteiger partial charge in [-0.1, -0.05) is 63.1 Å². The van der Waals surface area contributed by atoms with Gasteiger partial charge in [0.25, 0.3) is 0 Å². The first-order chi connectivity index (χ1) is 12.2. The highest BCUT2D eigenvalue weighted by molar-refractivity contribution is 5.65. The molecule has 0 saturated heterocycles. The number of hydrogen-bond donors (Lipinski definition) is 0. The minimum Gasteiger partial charge on any atom is -0.206 e. The number of hydrogen-bond acceptors (Lipinski definition) is 0. The standard InChI is InChI=1S/C24H31F/c1-3-5-6-19-9-16-23(24(25)17-19)22-14-12-21(13-15-22)20-10-7-18(4-2)8-11-20/h9,12-18,20H,3-8,10-11H2,1-2H3. The molecule has 0 atom stereocenters. The van der Waals surface area contributed by atoms with E-state index in [0.29, 0.717) is 5.92 Å². The summed E-state index contributed by atoms with van der Waals surface area (Å²) < 4.78 is 14.5. The highest BCUT2D eigenvalue weighted by Gasteiger charge is 2.21. The number of aryl methyl sites for hydroxylation is 1. The second-order valence-electron chi connectivity index (χ2n) is 7.67. The van der Waals surface area contributed by atoms with Crippen molar-refractivity contribution < 1.29 is 4.39 Å².